The van der Waals surface area contributed by atoms with Gasteiger partial charge < -0.3 is 10.1 Å². The maximum absolute atomic E-state index is 13.1. The molecule has 22 heavy (non-hydrogen) atoms. The zero-order valence-corrected chi connectivity index (χ0v) is 11.6. The quantitative estimate of drug-likeness (QED) is 0.803. The van der Waals surface area contributed by atoms with Crippen LogP contribution in [0, 0.1) is 5.82 Å². The highest BCUT2D eigenvalue weighted by atomic mass is 19.1. The van der Waals surface area contributed by atoms with Gasteiger partial charge in [-0.1, -0.05) is 24.3 Å². The van der Waals surface area contributed by atoms with E-state index >= 15 is 0 Å². The molecule has 0 spiro atoms. The van der Waals surface area contributed by atoms with Crippen LogP contribution in [0.4, 0.5) is 10.1 Å². The molecule has 4 nitrogen and oxygen atoms in total. The number of halogens is 1. The van der Waals surface area contributed by atoms with Crippen LogP contribution in [0.1, 0.15) is 0 Å². The van der Waals surface area contributed by atoms with E-state index in [1.54, 1.807) is 18.3 Å². The van der Waals surface area contributed by atoms with Gasteiger partial charge in [-0.3, -0.25) is 9.78 Å². The highest BCUT2D eigenvalue weighted by Gasteiger charge is 2.07. The first-order valence-electron chi connectivity index (χ1n) is 6.74. The third-order valence-corrected chi connectivity index (χ3v) is 3.06. The van der Waals surface area contributed by atoms with E-state index in [2.05, 4.69) is 10.3 Å². The minimum Gasteiger partial charge on any atom is -0.481 e. The molecule has 3 rings (SSSR count). The van der Waals surface area contributed by atoms with Crippen molar-refractivity contribution in [3.63, 3.8) is 0 Å². The van der Waals surface area contributed by atoms with Crippen LogP contribution in [0.25, 0.3) is 10.9 Å². The molecular formula is C17H13FN2O2. The normalized spacial score (nSPS) is 10.4. The van der Waals surface area contributed by atoms with Crippen molar-refractivity contribution >= 4 is 22.5 Å². The molecule has 0 unspecified atom stereocenters. The van der Waals surface area contributed by atoms with Crippen LogP contribution in [-0.4, -0.2) is 17.5 Å². The molecule has 0 fully saturated rings. The van der Waals surface area contributed by atoms with Crippen molar-refractivity contribution in [1.82, 2.24) is 4.98 Å². The predicted octanol–water partition coefficient (Wildman–Crippen LogP) is 3.39. The lowest BCUT2D eigenvalue weighted by Gasteiger charge is -2.09. The Morgan fingerprint density at radius 1 is 1.14 bits per heavy atom. The number of benzene rings is 2. The van der Waals surface area contributed by atoms with E-state index in [4.69, 9.17) is 4.74 Å². The van der Waals surface area contributed by atoms with Crippen LogP contribution in [0.15, 0.2) is 60.8 Å². The van der Waals surface area contributed by atoms with E-state index < -0.39 is 5.82 Å². The molecule has 2 aromatic carbocycles. The summed E-state index contributed by atoms with van der Waals surface area (Å²) in [5.41, 5.74) is 1.09. The van der Waals surface area contributed by atoms with Gasteiger partial charge in [0.1, 0.15) is 17.1 Å². The van der Waals surface area contributed by atoms with Crippen molar-refractivity contribution in [2.75, 3.05) is 11.9 Å². The highest BCUT2D eigenvalue weighted by molar-refractivity contribution is 5.92. The monoisotopic (exact) mass is 296 g/mol. The fraction of sp³-hybridized carbons (Fsp3) is 0.0588. The van der Waals surface area contributed by atoms with Gasteiger partial charge in [-0.05, 0) is 30.3 Å². The molecule has 1 aromatic heterocycles. The van der Waals surface area contributed by atoms with E-state index in [9.17, 15) is 9.18 Å². The van der Waals surface area contributed by atoms with Gasteiger partial charge in [0.15, 0.2) is 6.61 Å². The fourth-order valence-electron chi connectivity index (χ4n) is 2.10. The smallest absolute Gasteiger partial charge is 0.262 e. The SMILES string of the molecule is O=C(COc1cccc2cccnc12)Nc1cccc(F)c1. The number of fused-ring (bicyclic) bond motifs is 1. The van der Waals surface area contributed by atoms with E-state index in [1.807, 2.05) is 24.3 Å². The molecular weight excluding hydrogens is 283 g/mol. The van der Waals surface area contributed by atoms with Crippen LogP contribution < -0.4 is 10.1 Å². The Morgan fingerprint density at radius 2 is 1.95 bits per heavy atom. The first-order valence-corrected chi connectivity index (χ1v) is 6.74. The van der Waals surface area contributed by atoms with Crippen LogP contribution in [0.3, 0.4) is 0 Å². The Labute approximate surface area is 126 Å². The van der Waals surface area contributed by atoms with Gasteiger partial charge in [0.25, 0.3) is 5.91 Å². The third-order valence-electron chi connectivity index (χ3n) is 3.06. The number of hydrogen-bond acceptors (Lipinski definition) is 3. The zero-order valence-electron chi connectivity index (χ0n) is 11.6. The molecule has 1 N–H and O–H groups in total. The molecule has 0 saturated heterocycles. The average Bonchev–Trinajstić information content (AvgIpc) is 2.53. The minimum atomic E-state index is -0.406. The maximum Gasteiger partial charge on any atom is 0.262 e. The van der Waals surface area contributed by atoms with Crippen molar-refractivity contribution in [2.24, 2.45) is 0 Å². The molecule has 5 heteroatoms. The number of amides is 1. The highest BCUT2D eigenvalue weighted by Crippen LogP contribution is 2.22. The predicted molar refractivity (Wildman–Crippen MR) is 82.3 cm³/mol. The van der Waals surface area contributed by atoms with E-state index in [0.29, 0.717) is 17.0 Å². The van der Waals surface area contributed by atoms with Crippen molar-refractivity contribution in [1.29, 1.82) is 0 Å². The first kappa shape index (κ1) is 14.0. The summed E-state index contributed by atoms with van der Waals surface area (Å²) >= 11 is 0. The lowest BCUT2D eigenvalue weighted by atomic mass is 10.2. The number of ether oxygens (including phenoxy) is 1. The summed E-state index contributed by atoms with van der Waals surface area (Å²) < 4.78 is 18.6. The Balaban J connectivity index is 1.68. The van der Waals surface area contributed by atoms with E-state index in [1.165, 1.54) is 18.2 Å². The minimum absolute atomic E-state index is 0.174. The number of pyridine rings is 1. The first-order chi connectivity index (χ1) is 10.7. The molecule has 110 valence electrons. The molecule has 0 aliphatic heterocycles. The van der Waals surface area contributed by atoms with Crippen LogP contribution >= 0.6 is 0 Å². The number of carbonyl (C=O) groups excluding carboxylic acids is 1. The number of para-hydroxylation sites is 1. The topological polar surface area (TPSA) is 51.2 Å². The summed E-state index contributed by atoms with van der Waals surface area (Å²) in [4.78, 5) is 16.1. The molecule has 0 radical (unpaired) electrons. The Hall–Kier alpha value is -2.95. The Morgan fingerprint density at radius 3 is 2.82 bits per heavy atom. The molecule has 0 atom stereocenters. The number of nitrogens with one attached hydrogen (secondary N) is 1. The fourth-order valence-corrected chi connectivity index (χ4v) is 2.10. The lowest BCUT2D eigenvalue weighted by molar-refractivity contribution is -0.118. The molecule has 3 aromatic rings. The summed E-state index contributed by atoms with van der Waals surface area (Å²) in [6.45, 7) is -0.174. The van der Waals surface area contributed by atoms with Crippen molar-refractivity contribution in [3.05, 3.63) is 66.6 Å². The standard InChI is InChI=1S/C17H13FN2O2/c18-13-6-2-7-14(10-13)20-16(21)11-22-15-8-1-4-12-5-3-9-19-17(12)15/h1-10H,11H2,(H,20,21). The van der Waals surface area contributed by atoms with Crippen LogP contribution in [0.2, 0.25) is 0 Å². The lowest BCUT2D eigenvalue weighted by Crippen LogP contribution is -2.20. The second-order valence-corrected chi connectivity index (χ2v) is 4.68. The van der Waals surface area contributed by atoms with Crippen molar-refractivity contribution < 1.29 is 13.9 Å². The average molecular weight is 296 g/mol. The van der Waals surface area contributed by atoms with Gasteiger partial charge in [0.05, 0.1) is 0 Å². The Kier molecular flexibility index (Phi) is 3.96. The van der Waals surface area contributed by atoms with Gasteiger partial charge in [-0.2, -0.15) is 0 Å². The summed E-state index contributed by atoms with van der Waals surface area (Å²) in [6, 6.07) is 15.0. The molecule has 0 aliphatic carbocycles. The second-order valence-electron chi connectivity index (χ2n) is 4.68. The molecule has 0 bridgehead atoms. The van der Waals surface area contributed by atoms with Crippen LogP contribution in [-0.2, 0) is 4.79 Å². The number of carbonyl (C=O) groups is 1. The molecule has 1 heterocycles. The largest absolute Gasteiger partial charge is 0.481 e. The third kappa shape index (κ3) is 3.20. The number of hydrogen-bond donors (Lipinski definition) is 1. The number of nitrogens with zero attached hydrogens (tertiary/aromatic N) is 1. The van der Waals surface area contributed by atoms with Gasteiger partial charge in [0, 0.05) is 17.3 Å². The van der Waals surface area contributed by atoms with Crippen LogP contribution in [0.5, 0.6) is 5.75 Å². The maximum atomic E-state index is 13.1. The van der Waals surface area contributed by atoms with Gasteiger partial charge in [-0.15, -0.1) is 0 Å². The summed E-state index contributed by atoms with van der Waals surface area (Å²) in [5, 5.41) is 3.51. The summed E-state index contributed by atoms with van der Waals surface area (Å²) in [6.07, 6.45) is 1.67. The molecule has 0 aliphatic rings. The number of aromatic nitrogens is 1. The van der Waals surface area contributed by atoms with Gasteiger partial charge in [0.2, 0.25) is 0 Å². The Bertz CT molecular complexity index is 815. The zero-order chi connectivity index (χ0) is 15.4. The van der Waals surface area contributed by atoms with Gasteiger partial charge >= 0.3 is 0 Å². The van der Waals surface area contributed by atoms with E-state index in [-0.39, 0.29) is 12.5 Å². The van der Waals surface area contributed by atoms with Crippen molar-refractivity contribution in [2.45, 2.75) is 0 Å². The summed E-state index contributed by atoms with van der Waals surface area (Å²) in [7, 11) is 0. The van der Waals surface area contributed by atoms with E-state index in [0.717, 1.165) is 5.39 Å². The molecule has 0 saturated carbocycles. The molecule has 1 amide bonds. The summed E-state index contributed by atoms with van der Waals surface area (Å²) in [5.74, 6) is -0.233. The van der Waals surface area contributed by atoms with Crippen molar-refractivity contribution in [3.8, 4) is 5.75 Å². The number of anilines is 1. The van der Waals surface area contributed by atoms with Gasteiger partial charge in [-0.25, -0.2) is 4.39 Å². The second kappa shape index (κ2) is 6.22. The number of rotatable bonds is 4.